The molecule has 0 aliphatic heterocycles. The Kier molecular flexibility index (Phi) is 4.51. The van der Waals surface area contributed by atoms with E-state index < -0.39 is 0 Å². The Morgan fingerprint density at radius 1 is 0.600 bits per heavy atom. The Morgan fingerprint density at radius 2 is 1.31 bits per heavy atom. The smallest absolute Gasteiger partial charge is 0.138 e. The first-order valence-corrected chi connectivity index (χ1v) is 12.0. The van der Waals surface area contributed by atoms with E-state index in [0.29, 0.717) is 5.02 Å². The van der Waals surface area contributed by atoms with Crippen LogP contribution in [0.1, 0.15) is 0 Å². The van der Waals surface area contributed by atoms with Crippen LogP contribution in [0.2, 0.25) is 5.02 Å². The molecule has 0 saturated carbocycles. The third-order valence-electron chi connectivity index (χ3n) is 6.60. The van der Waals surface area contributed by atoms with E-state index in [2.05, 4.69) is 88.7 Å². The van der Waals surface area contributed by atoms with Gasteiger partial charge in [0.05, 0.1) is 27.3 Å². The molecule has 2 heterocycles. The molecular formula is C31H20ClN3. The highest BCUT2D eigenvalue weighted by Crippen LogP contribution is 2.37. The molecule has 0 fully saturated rings. The van der Waals surface area contributed by atoms with Crippen LogP contribution < -0.4 is 5.32 Å². The molecule has 0 saturated heterocycles. The Hall–Kier alpha value is -4.34. The molecule has 0 aliphatic carbocycles. The van der Waals surface area contributed by atoms with E-state index in [0.717, 1.165) is 39.1 Å². The van der Waals surface area contributed by atoms with E-state index >= 15 is 0 Å². The zero-order chi connectivity index (χ0) is 23.4. The van der Waals surface area contributed by atoms with Gasteiger partial charge in [0.15, 0.2) is 0 Å². The lowest BCUT2D eigenvalue weighted by Gasteiger charge is -2.11. The first kappa shape index (κ1) is 20.1. The van der Waals surface area contributed by atoms with Gasteiger partial charge in [-0.15, -0.1) is 0 Å². The number of nitrogens with zero attached hydrogens (tertiary/aromatic N) is 2. The van der Waals surface area contributed by atoms with Crippen molar-refractivity contribution < 1.29 is 0 Å². The summed E-state index contributed by atoms with van der Waals surface area (Å²) in [6.07, 6.45) is 0. The molecule has 0 aliphatic rings. The lowest BCUT2D eigenvalue weighted by molar-refractivity contribution is 1.10. The molecule has 1 N–H and O–H groups in total. The maximum absolute atomic E-state index is 6.42. The van der Waals surface area contributed by atoms with Crippen LogP contribution in [-0.4, -0.2) is 9.55 Å². The monoisotopic (exact) mass is 469 g/mol. The molecule has 0 radical (unpaired) electrons. The largest absolute Gasteiger partial charge is 0.354 e. The third-order valence-corrected chi connectivity index (χ3v) is 6.93. The van der Waals surface area contributed by atoms with Crippen molar-refractivity contribution in [2.24, 2.45) is 0 Å². The molecule has 0 amide bonds. The van der Waals surface area contributed by atoms with E-state index in [1.54, 1.807) is 0 Å². The number of nitrogens with one attached hydrogen (secondary N) is 1. The fourth-order valence-corrected chi connectivity index (χ4v) is 5.11. The summed E-state index contributed by atoms with van der Waals surface area (Å²) in [4.78, 5) is 5.05. The molecule has 7 rings (SSSR count). The molecule has 0 bridgehead atoms. The highest BCUT2D eigenvalue weighted by molar-refractivity contribution is 6.33. The van der Waals surface area contributed by atoms with Gasteiger partial charge in [-0.2, -0.15) is 0 Å². The van der Waals surface area contributed by atoms with E-state index in [9.17, 15) is 0 Å². The lowest BCUT2D eigenvalue weighted by atomic mass is 10.1. The number of halogens is 1. The number of hydrogen-bond donors (Lipinski definition) is 1. The van der Waals surface area contributed by atoms with E-state index in [4.69, 9.17) is 16.6 Å². The Balaban J connectivity index is 1.53. The highest BCUT2D eigenvalue weighted by Gasteiger charge is 2.15. The maximum Gasteiger partial charge on any atom is 0.138 e. The summed E-state index contributed by atoms with van der Waals surface area (Å²) in [7, 11) is 0. The molecule has 0 unspecified atom stereocenters. The summed E-state index contributed by atoms with van der Waals surface area (Å²) in [5, 5.41) is 10.1. The van der Waals surface area contributed by atoms with Gasteiger partial charge in [0.2, 0.25) is 0 Å². The summed E-state index contributed by atoms with van der Waals surface area (Å²) in [6, 6.07) is 39.8. The molecule has 3 nitrogen and oxygen atoms in total. The fourth-order valence-electron chi connectivity index (χ4n) is 4.93. The number of fused-ring (bicyclic) bond motifs is 5. The van der Waals surface area contributed by atoms with E-state index in [-0.39, 0.29) is 0 Å². The second kappa shape index (κ2) is 7.86. The first-order chi connectivity index (χ1) is 17.2. The fraction of sp³-hybridized carbons (Fsp3) is 0. The van der Waals surface area contributed by atoms with Crippen molar-refractivity contribution in [3.63, 3.8) is 0 Å². The van der Waals surface area contributed by atoms with Crippen molar-refractivity contribution >= 4 is 66.5 Å². The molecule has 166 valence electrons. The van der Waals surface area contributed by atoms with Gasteiger partial charge in [0, 0.05) is 21.8 Å². The average molecular weight is 470 g/mol. The zero-order valence-corrected chi connectivity index (χ0v) is 19.5. The predicted octanol–water partition coefficient (Wildman–Crippen LogP) is 8.88. The summed E-state index contributed by atoms with van der Waals surface area (Å²) >= 11 is 6.42. The van der Waals surface area contributed by atoms with Crippen LogP contribution in [0.15, 0.2) is 115 Å². The van der Waals surface area contributed by atoms with Gasteiger partial charge in [0.25, 0.3) is 0 Å². The van der Waals surface area contributed by atoms with Crippen LogP contribution in [-0.2, 0) is 0 Å². The maximum atomic E-state index is 6.42. The van der Waals surface area contributed by atoms with Crippen LogP contribution in [0.4, 0.5) is 11.4 Å². The van der Waals surface area contributed by atoms with Crippen LogP contribution in [0.5, 0.6) is 0 Å². The zero-order valence-electron chi connectivity index (χ0n) is 18.7. The van der Waals surface area contributed by atoms with Crippen molar-refractivity contribution in [3.8, 4) is 5.82 Å². The van der Waals surface area contributed by atoms with Gasteiger partial charge in [0.1, 0.15) is 5.82 Å². The SMILES string of the molecule is Clc1ccccc1Nc1ccc2c3cc4ccccc4cc3n(-c3ccc4ccccc4n3)c2c1. The summed E-state index contributed by atoms with van der Waals surface area (Å²) in [6.45, 7) is 0. The average Bonchev–Trinajstić information content (AvgIpc) is 3.21. The van der Waals surface area contributed by atoms with E-state index in [1.807, 2.05) is 36.4 Å². The number of para-hydroxylation sites is 2. The van der Waals surface area contributed by atoms with Gasteiger partial charge in [-0.05, 0) is 65.4 Å². The highest BCUT2D eigenvalue weighted by atomic mass is 35.5. The quantitative estimate of drug-likeness (QED) is 0.280. The topological polar surface area (TPSA) is 29.9 Å². The standard InChI is InChI=1S/C31H20ClN3/c32-26-10-4-6-12-28(26)33-23-14-15-24-25-17-21-8-1-2-9-22(21)18-29(25)35(30(24)19-23)31-16-13-20-7-3-5-11-27(20)34-31/h1-19,33H. The predicted molar refractivity (Wildman–Crippen MR) is 148 cm³/mol. The van der Waals surface area contributed by atoms with Gasteiger partial charge in [-0.3, -0.25) is 4.57 Å². The summed E-state index contributed by atoms with van der Waals surface area (Å²) in [5.41, 5.74) is 5.06. The molecule has 5 aromatic carbocycles. The number of benzene rings is 5. The van der Waals surface area contributed by atoms with Crippen LogP contribution >= 0.6 is 11.6 Å². The second-order valence-corrected chi connectivity index (χ2v) is 9.16. The number of anilines is 2. The molecule has 0 atom stereocenters. The summed E-state index contributed by atoms with van der Waals surface area (Å²) < 4.78 is 2.27. The van der Waals surface area contributed by atoms with Crippen LogP contribution in [0, 0.1) is 0 Å². The molecule has 7 aromatic rings. The Labute approximate surface area is 207 Å². The number of rotatable bonds is 3. The van der Waals surface area contributed by atoms with Crippen LogP contribution in [0.3, 0.4) is 0 Å². The number of pyridine rings is 1. The van der Waals surface area contributed by atoms with Gasteiger partial charge in [-0.1, -0.05) is 72.3 Å². The van der Waals surface area contributed by atoms with Gasteiger partial charge >= 0.3 is 0 Å². The number of aromatic nitrogens is 2. The summed E-state index contributed by atoms with van der Waals surface area (Å²) in [5.74, 6) is 0.897. The van der Waals surface area contributed by atoms with Gasteiger partial charge < -0.3 is 5.32 Å². The Morgan fingerprint density at radius 3 is 2.17 bits per heavy atom. The third kappa shape index (κ3) is 3.32. The molecule has 35 heavy (non-hydrogen) atoms. The Bertz CT molecular complexity index is 1900. The normalized spacial score (nSPS) is 11.6. The molecular weight excluding hydrogens is 450 g/mol. The number of hydrogen-bond acceptors (Lipinski definition) is 2. The lowest BCUT2D eigenvalue weighted by Crippen LogP contribution is -1.98. The molecule has 0 spiro atoms. The minimum absolute atomic E-state index is 0.690. The van der Waals surface area contributed by atoms with Crippen LogP contribution in [0.25, 0.3) is 49.3 Å². The molecule has 4 heteroatoms. The van der Waals surface area contributed by atoms with Gasteiger partial charge in [-0.25, -0.2) is 4.98 Å². The first-order valence-electron chi connectivity index (χ1n) is 11.6. The minimum Gasteiger partial charge on any atom is -0.354 e. The van der Waals surface area contributed by atoms with Crippen molar-refractivity contribution in [2.45, 2.75) is 0 Å². The molecule has 2 aromatic heterocycles. The minimum atomic E-state index is 0.690. The van der Waals surface area contributed by atoms with Crippen molar-refractivity contribution in [3.05, 3.63) is 120 Å². The van der Waals surface area contributed by atoms with Crippen molar-refractivity contribution in [2.75, 3.05) is 5.32 Å². The van der Waals surface area contributed by atoms with E-state index in [1.165, 1.54) is 21.5 Å². The van der Waals surface area contributed by atoms with Crippen molar-refractivity contribution in [1.29, 1.82) is 0 Å². The second-order valence-electron chi connectivity index (χ2n) is 8.75. The van der Waals surface area contributed by atoms with Crippen molar-refractivity contribution in [1.82, 2.24) is 9.55 Å².